The first kappa shape index (κ1) is 13.2. The molecule has 3 aromatic rings. The maximum absolute atomic E-state index is 6.16. The van der Waals surface area contributed by atoms with E-state index < -0.39 is 0 Å². The summed E-state index contributed by atoms with van der Waals surface area (Å²) in [6, 6.07) is 17.0. The van der Waals surface area contributed by atoms with Crippen molar-refractivity contribution in [3.05, 3.63) is 48.5 Å². The molecule has 0 amide bonds. The zero-order chi connectivity index (χ0) is 14.3. The van der Waals surface area contributed by atoms with Crippen molar-refractivity contribution in [2.24, 2.45) is 0 Å². The first-order valence-electron chi connectivity index (χ1n) is 7.13. The predicted octanol–water partition coefficient (Wildman–Crippen LogP) is 5.13. The number of hydrogen-bond acceptors (Lipinski definition) is 1. The second-order valence-corrected chi connectivity index (χ2v) is 6.23. The first-order chi connectivity index (χ1) is 9.47. The van der Waals surface area contributed by atoms with Crippen LogP contribution in [0.1, 0.15) is 33.9 Å². The van der Waals surface area contributed by atoms with Crippen molar-refractivity contribution >= 4 is 21.8 Å². The van der Waals surface area contributed by atoms with Gasteiger partial charge >= 0.3 is 0 Å². The Hall–Kier alpha value is -1.80. The van der Waals surface area contributed by atoms with Crippen LogP contribution >= 0.6 is 0 Å². The zero-order valence-corrected chi connectivity index (χ0v) is 12.6. The molecule has 2 heteroatoms. The number of para-hydroxylation sites is 2. The third kappa shape index (κ3) is 2.20. The number of aromatic nitrogens is 1. The molecular formula is C18H21NO. The molecule has 0 aliphatic carbocycles. The van der Waals surface area contributed by atoms with E-state index in [1.54, 1.807) is 0 Å². The molecule has 0 saturated heterocycles. The van der Waals surface area contributed by atoms with E-state index in [2.05, 4.69) is 80.8 Å². The topological polar surface area (TPSA) is 14.2 Å². The van der Waals surface area contributed by atoms with Crippen LogP contribution in [0.25, 0.3) is 21.8 Å². The molecule has 3 rings (SSSR count). The van der Waals surface area contributed by atoms with E-state index in [1.807, 2.05) is 0 Å². The van der Waals surface area contributed by atoms with E-state index in [-0.39, 0.29) is 11.8 Å². The molecule has 0 radical (unpaired) electrons. The minimum atomic E-state index is -0.161. The van der Waals surface area contributed by atoms with Crippen LogP contribution in [0.3, 0.4) is 0 Å². The van der Waals surface area contributed by atoms with Crippen molar-refractivity contribution in [3.8, 4) is 0 Å². The van der Waals surface area contributed by atoms with Crippen molar-refractivity contribution in [1.29, 1.82) is 0 Å². The number of fused-ring (bicyclic) bond motifs is 3. The lowest BCUT2D eigenvalue weighted by Crippen LogP contribution is -2.24. The molecule has 0 fully saturated rings. The van der Waals surface area contributed by atoms with Gasteiger partial charge in [0.1, 0.15) is 6.23 Å². The van der Waals surface area contributed by atoms with E-state index in [0.29, 0.717) is 0 Å². The summed E-state index contributed by atoms with van der Waals surface area (Å²) >= 11 is 0. The fraction of sp³-hybridized carbons (Fsp3) is 0.333. The SMILES string of the molecule is CC(OC(C)(C)C)n1c2ccccc2c2ccccc21. The third-order valence-corrected chi connectivity index (χ3v) is 3.51. The molecule has 2 nitrogen and oxygen atoms in total. The van der Waals surface area contributed by atoms with Crippen molar-refractivity contribution < 1.29 is 4.74 Å². The van der Waals surface area contributed by atoms with Gasteiger partial charge in [-0.2, -0.15) is 0 Å². The lowest BCUT2D eigenvalue weighted by Gasteiger charge is -2.27. The molecule has 2 aromatic carbocycles. The van der Waals surface area contributed by atoms with E-state index >= 15 is 0 Å². The summed E-state index contributed by atoms with van der Waals surface area (Å²) < 4.78 is 8.45. The van der Waals surface area contributed by atoms with Gasteiger partial charge in [0.25, 0.3) is 0 Å². The number of benzene rings is 2. The summed E-state index contributed by atoms with van der Waals surface area (Å²) in [4.78, 5) is 0. The van der Waals surface area contributed by atoms with Gasteiger partial charge in [-0.25, -0.2) is 0 Å². The molecule has 20 heavy (non-hydrogen) atoms. The van der Waals surface area contributed by atoms with Gasteiger partial charge in [-0.05, 0) is 39.8 Å². The predicted molar refractivity (Wildman–Crippen MR) is 85.0 cm³/mol. The first-order valence-corrected chi connectivity index (χ1v) is 7.13. The van der Waals surface area contributed by atoms with Crippen molar-refractivity contribution in [2.45, 2.75) is 39.5 Å². The summed E-state index contributed by atoms with van der Waals surface area (Å²) in [6.07, 6.45) is -0.000185. The van der Waals surface area contributed by atoms with E-state index in [0.717, 1.165) is 0 Å². The Labute approximate surface area is 120 Å². The van der Waals surface area contributed by atoms with Crippen LogP contribution in [0.4, 0.5) is 0 Å². The zero-order valence-electron chi connectivity index (χ0n) is 12.6. The average molecular weight is 267 g/mol. The van der Waals surface area contributed by atoms with Gasteiger partial charge in [0.15, 0.2) is 0 Å². The summed E-state index contributed by atoms with van der Waals surface area (Å²) in [5.74, 6) is 0. The molecule has 104 valence electrons. The fourth-order valence-electron chi connectivity index (χ4n) is 2.91. The average Bonchev–Trinajstić information content (AvgIpc) is 2.71. The van der Waals surface area contributed by atoms with Crippen LogP contribution in [0.2, 0.25) is 0 Å². The van der Waals surface area contributed by atoms with Crippen molar-refractivity contribution in [1.82, 2.24) is 4.57 Å². The highest BCUT2D eigenvalue weighted by Gasteiger charge is 2.20. The molecular weight excluding hydrogens is 246 g/mol. The van der Waals surface area contributed by atoms with Gasteiger partial charge in [0, 0.05) is 10.8 Å². The van der Waals surface area contributed by atoms with Gasteiger partial charge in [0.05, 0.1) is 16.6 Å². The van der Waals surface area contributed by atoms with E-state index in [1.165, 1.54) is 21.8 Å². The highest BCUT2D eigenvalue weighted by Crippen LogP contribution is 2.33. The Balaban J connectivity index is 2.26. The molecule has 1 aromatic heterocycles. The molecule has 0 aliphatic rings. The van der Waals surface area contributed by atoms with Gasteiger partial charge in [-0.1, -0.05) is 36.4 Å². The van der Waals surface area contributed by atoms with Gasteiger partial charge in [-0.3, -0.25) is 0 Å². The minimum absolute atomic E-state index is 0.000185. The fourth-order valence-corrected chi connectivity index (χ4v) is 2.91. The molecule has 0 spiro atoms. The minimum Gasteiger partial charge on any atom is -0.353 e. The molecule has 1 atom stereocenters. The second-order valence-electron chi connectivity index (χ2n) is 6.23. The van der Waals surface area contributed by atoms with E-state index in [4.69, 9.17) is 4.74 Å². The Morgan fingerprint density at radius 1 is 0.850 bits per heavy atom. The van der Waals surface area contributed by atoms with Crippen LogP contribution in [-0.4, -0.2) is 10.2 Å². The van der Waals surface area contributed by atoms with Crippen LogP contribution in [0, 0.1) is 0 Å². The highest BCUT2D eigenvalue weighted by atomic mass is 16.5. The molecule has 0 aliphatic heterocycles. The summed E-state index contributed by atoms with van der Waals surface area (Å²) in [5, 5.41) is 2.57. The van der Waals surface area contributed by atoms with Crippen LogP contribution in [0.5, 0.6) is 0 Å². The summed E-state index contributed by atoms with van der Waals surface area (Å²) in [6.45, 7) is 8.40. The maximum Gasteiger partial charge on any atom is 0.132 e. The quantitative estimate of drug-likeness (QED) is 0.628. The Kier molecular flexibility index (Phi) is 3.06. The van der Waals surface area contributed by atoms with Crippen LogP contribution in [-0.2, 0) is 4.74 Å². The monoisotopic (exact) mass is 267 g/mol. The molecule has 1 heterocycles. The van der Waals surface area contributed by atoms with E-state index in [9.17, 15) is 0 Å². The lowest BCUT2D eigenvalue weighted by atomic mass is 10.2. The Morgan fingerprint density at radius 3 is 1.75 bits per heavy atom. The Bertz CT molecular complexity index is 696. The number of rotatable bonds is 2. The van der Waals surface area contributed by atoms with Crippen LogP contribution < -0.4 is 0 Å². The Morgan fingerprint density at radius 2 is 1.30 bits per heavy atom. The highest BCUT2D eigenvalue weighted by molar-refractivity contribution is 6.08. The molecule has 0 saturated carbocycles. The number of nitrogens with zero attached hydrogens (tertiary/aromatic N) is 1. The van der Waals surface area contributed by atoms with Crippen LogP contribution in [0.15, 0.2) is 48.5 Å². The molecule has 0 N–H and O–H groups in total. The maximum atomic E-state index is 6.16. The van der Waals surface area contributed by atoms with Crippen molar-refractivity contribution in [3.63, 3.8) is 0 Å². The summed E-state index contributed by atoms with van der Waals surface area (Å²) in [5.41, 5.74) is 2.29. The smallest absolute Gasteiger partial charge is 0.132 e. The van der Waals surface area contributed by atoms with Crippen molar-refractivity contribution in [2.75, 3.05) is 0 Å². The summed E-state index contributed by atoms with van der Waals surface area (Å²) in [7, 11) is 0. The largest absolute Gasteiger partial charge is 0.353 e. The molecule has 0 bridgehead atoms. The standard InChI is InChI=1S/C18H21NO/c1-13(20-18(2,3)4)19-16-11-7-5-9-14(16)15-10-6-8-12-17(15)19/h5-13H,1-4H3. The number of hydrogen-bond donors (Lipinski definition) is 0. The normalized spacial score (nSPS) is 14.0. The molecule has 1 unspecified atom stereocenters. The third-order valence-electron chi connectivity index (χ3n) is 3.51. The number of ether oxygens (including phenoxy) is 1. The van der Waals surface area contributed by atoms with Gasteiger partial charge < -0.3 is 9.30 Å². The van der Waals surface area contributed by atoms with Gasteiger partial charge in [-0.15, -0.1) is 0 Å². The second kappa shape index (κ2) is 4.64. The van der Waals surface area contributed by atoms with Gasteiger partial charge in [0.2, 0.25) is 0 Å². The lowest BCUT2D eigenvalue weighted by molar-refractivity contribution is -0.0828.